The lowest BCUT2D eigenvalue weighted by atomic mass is 10.1. The van der Waals surface area contributed by atoms with Crippen molar-refractivity contribution in [3.05, 3.63) is 118 Å². The van der Waals surface area contributed by atoms with Gasteiger partial charge >= 0.3 is 0 Å². The lowest BCUT2D eigenvalue weighted by Crippen LogP contribution is -2.27. The van der Waals surface area contributed by atoms with Gasteiger partial charge in [-0.15, -0.1) is 11.3 Å². The van der Waals surface area contributed by atoms with E-state index in [0.29, 0.717) is 34.5 Å². The van der Waals surface area contributed by atoms with E-state index >= 15 is 0 Å². The average molecular weight is 626 g/mol. The second-order valence-electron chi connectivity index (χ2n) is 8.69. The zero-order valence-corrected chi connectivity index (χ0v) is 24.4. The molecule has 0 spiro atoms. The number of carbonyl (C=O) groups is 1. The molecule has 41 heavy (non-hydrogen) atoms. The molecule has 208 valence electrons. The number of aromatic nitrogens is 2. The molecule has 0 atom stereocenters. The van der Waals surface area contributed by atoms with Gasteiger partial charge in [0, 0.05) is 41.3 Å². The lowest BCUT2D eigenvalue weighted by Gasteiger charge is -2.14. The van der Waals surface area contributed by atoms with Crippen LogP contribution < -0.4 is 14.8 Å². The number of benzene rings is 3. The van der Waals surface area contributed by atoms with Gasteiger partial charge in [0.1, 0.15) is 16.5 Å². The van der Waals surface area contributed by atoms with Gasteiger partial charge in [-0.05, 0) is 66.7 Å². The SMILES string of the molecule is O=C(NCCc1csc(-c2ccncc2)n1)c1cc(Cl)ccc1NS(=O)(=O)c1ccc(Oc2ccccc2Cl)cc1. The molecule has 2 aromatic heterocycles. The number of rotatable bonds is 10. The summed E-state index contributed by atoms with van der Waals surface area (Å²) in [7, 11) is -4.03. The van der Waals surface area contributed by atoms with Crippen LogP contribution in [0.3, 0.4) is 0 Å². The molecule has 2 heterocycles. The van der Waals surface area contributed by atoms with E-state index in [2.05, 4.69) is 20.0 Å². The molecule has 0 radical (unpaired) electrons. The molecule has 0 fully saturated rings. The minimum atomic E-state index is -4.03. The molecule has 3 aromatic carbocycles. The van der Waals surface area contributed by atoms with E-state index in [0.717, 1.165) is 16.3 Å². The van der Waals surface area contributed by atoms with Crippen molar-refractivity contribution >= 4 is 56.2 Å². The number of carbonyl (C=O) groups excluding carboxylic acids is 1. The molecule has 5 rings (SSSR count). The molecule has 0 unspecified atom stereocenters. The van der Waals surface area contributed by atoms with Gasteiger partial charge in [0.15, 0.2) is 0 Å². The Morgan fingerprint density at radius 2 is 1.71 bits per heavy atom. The summed E-state index contributed by atoms with van der Waals surface area (Å²) in [4.78, 5) is 21.7. The number of hydrogen-bond acceptors (Lipinski definition) is 7. The predicted octanol–water partition coefficient (Wildman–Crippen LogP) is 7.08. The number of halogens is 2. The largest absolute Gasteiger partial charge is 0.456 e. The first kappa shape index (κ1) is 28.6. The summed E-state index contributed by atoms with van der Waals surface area (Å²) in [5, 5.41) is 6.34. The Balaban J connectivity index is 1.24. The van der Waals surface area contributed by atoms with Crippen LogP contribution in [0.1, 0.15) is 16.1 Å². The Bertz CT molecular complexity index is 1780. The summed E-state index contributed by atoms with van der Waals surface area (Å²) < 4.78 is 34.5. The third kappa shape index (κ3) is 7.22. The van der Waals surface area contributed by atoms with Crippen molar-refractivity contribution in [2.24, 2.45) is 0 Å². The zero-order chi connectivity index (χ0) is 28.8. The van der Waals surface area contributed by atoms with Gasteiger partial charge in [-0.1, -0.05) is 35.3 Å². The maximum absolute atomic E-state index is 13.2. The monoisotopic (exact) mass is 624 g/mol. The maximum atomic E-state index is 13.2. The number of sulfonamides is 1. The highest BCUT2D eigenvalue weighted by atomic mass is 35.5. The van der Waals surface area contributed by atoms with E-state index in [9.17, 15) is 13.2 Å². The number of ether oxygens (including phenoxy) is 1. The van der Waals surface area contributed by atoms with Crippen LogP contribution in [0.5, 0.6) is 11.5 Å². The number of anilines is 1. The topological polar surface area (TPSA) is 110 Å². The van der Waals surface area contributed by atoms with Crippen LogP contribution in [-0.2, 0) is 16.4 Å². The molecular weight excluding hydrogens is 603 g/mol. The van der Waals surface area contributed by atoms with Crippen molar-refractivity contribution in [3.8, 4) is 22.1 Å². The first-order chi connectivity index (χ1) is 19.8. The second kappa shape index (κ2) is 12.7. The number of thiazole rings is 1. The molecule has 0 saturated carbocycles. The van der Waals surface area contributed by atoms with Crippen LogP contribution in [-0.4, -0.2) is 30.8 Å². The smallest absolute Gasteiger partial charge is 0.261 e. The average Bonchev–Trinajstić information content (AvgIpc) is 3.45. The highest BCUT2D eigenvalue weighted by Gasteiger charge is 2.20. The van der Waals surface area contributed by atoms with Crippen LogP contribution in [0.25, 0.3) is 10.6 Å². The van der Waals surface area contributed by atoms with Gasteiger partial charge in [-0.2, -0.15) is 0 Å². The number of hydrogen-bond donors (Lipinski definition) is 2. The molecule has 8 nitrogen and oxygen atoms in total. The van der Waals surface area contributed by atoms with Crippen LogP contribution in [0.2, 0.25) is 10.0 Å². The summed E-state index contributed by atoms with van der Waals surface area (Å²) in [5.74, 6) is 0.388. The maximum Gasteiger partial charge on any atom is 0.261 e. The quantitative estimate of drug-likeness (QED) is 0.172. The fraction of sp³-hybridized carbons (Fsp3) is 0.0690. The molecule has 12 heteroatoms. The third-order valence-electron chi connectivity index (χ3n) is 5.81. The lowest BCUT2D eigenvalue weighted by molar-refractivity contribution is 0.0955. The van der Waals surface area contributed by atoms with Gasteiger partial charge in [0.25, 0.3) is 15.9 Å². The molecular formula is C29H22Cl2N4O4S2. The number of nitrogens with one attached hydrogen (secondary N) is 2. The molecule has 2 N–H and O–H groups in total. The Labute approximate surface area is 251 Å². The number of para-hydroxylation sites is 1. The van der Waals surface area contributed by atoms with Crippen molar-refractivity contribution in [3.63, 3.8) is 0 Å². The number of nitrogens with zero attached hydrogens (tertiary/aromatic N) is 2. The normalized spacial score (nSPS) is 11.2. The summed E-state index contributed by atoms with van der Waals surface area (Å²) in [6, 6.07) is 20.9. The number of amides is 1. The molecule has 0 aliphatic heterocycles. The van der Waals surface area contributed by atoms with E-state index in [4.69, 9.17) is 27.9 Å². The zero-order valence-electron chi connectivity index (χ0n) is 21.3. The van der Waals surface area contributed by atoms with E-state index < -0.39 is 15.9 Å². The van der Waals surface area contributed by atoms with Gasteiger partial charge in [-0.25, -0.2) is 13.4 Å². The third-order valence-corrected chi connectivity index (χ3v) is 8.68. The van der Waals surface area contributed by atoms with E-state index in [1.807, 2.05) is 17.5 Å². The number of pyridine rings is 1. The molecule has 1 amide bonds. The van der Waals surface area contributed by atoms with Crippen molar-refractivity contribution in [2.45, 2.75) is 11.3 Å². The molecule has 5 aromatic rings. The summed E-state index contributed by atoms with van der Waals surface area (Å²) in [6.07, 6.45) is 3.91. The Kier molecular flexibility index (Phi) is 8.84. The Morgan fingerprint density at radius 1 is 0.951 bits per heavy atom. The van der Waals surface area contributed by atoms with Crippen molar-refractivity contribution in [1.29, 1.82) is 0 Å². The highest BCUT2D eigenvalue weighted by Crippen LogP contribution is 2.30. The van der Waals surface area contributed by atoms with E-state index in [1.165, 1.54) is 53.8 Å². The minimum absolute atomic E-state index is 0.0150. The molecule has 0 aliphatic carbocycles. The van der Waals surface area contributed by atoms with E-state index in [-0.39, 0.29) is 16.1 Å². The van der Waals surface area contributed by atoms with Gasteiger partial charge < -0.3 is 10.1 Å². The Morgan fingerprint density at radius 3 is 2.46 bits per heavy atom. The fourth-order valence-corrected chi connectivity index (χ4v) is 6.07. The summed E-state index contributed by atoms with van der Waals surface area (Å²) in [6.45, 7) is 0.296. The first-order valence-corrected chi connectivity index (χ1v) is 15.4. The summed E-state index contributed by atoms with van der Waals surface area (Å²) >= 11 is 13.8. The first-order valence-electron chi connectivity index (χ1n) is 12.3. The Hall–Kier alpha value is -3.96. The van der Waals surface area contributed by atoms with E-state index in [1.54, 1.807) is 36.7 Å². The van der Waals surface area contributed by atoms with Crippen LogP contribution >= 0.6 is 34.5 Å². The minimum Gasteiger partial charge on any atom is -0.456 e. The fourth-order valence-electron chi connectivity index (χ4n) is 3.79. The summed E-state index contributed by atoms with van der Waals surface area (Å²) in [5.41, 5.74) is 1.99. The van der Waals surface area contributed by atoms with Crippen LogP contribution in [0, 0.1) is 0 Å². The van der Waals surface area contributed by atoms with Gasteiger partial charge in [-0.3, -0.25) is 14.5 Å². The van der Waals surface area contributed by atoms with Crippen LogP contribution in [0.15, 0.2) is 102 Å². The molecule has 0 saturated heterocycles. The molecule has 0 bridgehead atoms. The highest BCUT2D eigenvalue weighted by molar-refractivity contribution is 7.92. The van der Waals surface area contributed by atoms with Crippen molar-refractivity contribution in [2.75, 3.05) is 11.3 Å². The predicted molar refractivity (Wildman–Crippen MR) is 162 cm³/mol. The molecule has 0 aliphatic rings. The van der Waals surface area contributed by atoms with Gasteiger partial charge in [0.2, 0.25) is 0 Å². The van der Waals surface area contributed by atoms with Crippen molar-refractivity contribution < 1.29 is 17.9 Å². The second-order valence-corrected chi connectivity index (χ2v) is 12.1. The van der Waals surface area contributed by atoms with Crippen molar-refractivity contribution in [1.82, 2.24) is 15.3 Å². The van der Waals surface area contributed by atoms with Crippen LogP contribution in [0.4, 0.5) is 5.69 Å². The van der Waals surface area contributed by atoms with Gasteiger partial charge in [0.05, 0.1) is 26.9 Å². The standard InChI is InChI=1S/C29H22Cl2N4O4S2/c30-20-5-10-26(35-41(37,38)23-8-6-22(7-9-23)39-27-4-2-1-3-25(27)31)24(17-20)28(36)33-16-13-21-18-40-29(34-21)19-11-14-32-15-12-19/h1-12,14-15,17-18,35H,13,16H2,(H,33,36).